The number of ether oxygens (including phenoxy) is 1. The minimum atomic E-state index is 0. The van der Waals surface area contributed by atoms with Crippen molar-refractivity contribution in [2.75, 3.05) is 26.8 Å². The van der Waals surface area contributed by atoms with Crippen LogP contribution < -0.4 is 51.4 Å². The van der Waals surface area contributed by atoms with Gasteiger partial charge in [-0.25, -0.2) is 0 Å². The number of nitrogens with zero attached hydrogens (tertiary/aromatic N) is 1. The molecule has 0 fully saturated rings. The number of carbonyl (C=O) groups excluding carboxylic acids is 1. The van der Waals surface area contributed by atoms with Crippen LogP contribution in [0.3, 0.4) is 0 Å². The van der Waals surface area contributed by atoms with E-state index >= 15 is 0 Å². The van der Waals surface area contributed by atoms with Crippen LogP contribution in [0.25, 0.3) is 0 Å². The molecule has 0 N–H and O–H groups in total. The average Bonchev–Trinajstić information content (AvgIpc) is 2.15. The first-order valence-corrected chi connectivity index (χ1v) is 5.33. The molecule has 0 unspecified atom stereocenters. The van der Waals surface area contributed by atoms with Crippen molar-refractivity contribution in [3.63, 3.8) is 0 Å². The largest absolute Gasteiger partial charge is 1.00 e. The van der Waals surface area contributed by atoms with Crippen molar-refractivity contribution in [1.82, 2.24) is 4.90 Å². The first-order chi connectivity index (χ1) is 6.66. The van der Waals surface area contributed by atoms with Gasteiger partial charge in [-0.15, -0.1) is 0 Å². The fourth-order valence-electron chi connectivity index (χ4n) is 1.15. The van der Waals surface area contributed by atoms with Gasteiger partial charge in [0.05, 0.1) is 0 Å². The topological polar surface area (TPSA) is 29.5 Å². The summed E-state index contributed by atoms with van der Waals surface area (Å²) >= 11 is 0. The van der Waals surface area contributed by atoms with Crippen LogP contribution in [0.2, 0.25) is 0 Å². The molecule has 0 saturated heterocycles. The van der Waals surface area contributed by atoms with Crippen LogP contribution in [0.5, 0.6) is 0 Å². The van der Waals surface area contributed by atoms with Gasteiger partial charge in [-0.3, -0.25) is 0 Å². The molecule has 3 nitrogen and oxygen atoms in total. The fraction of sp³-hybridized carbons (Fsp3) is 0.909. The molecule has 0 atom stereocenters. The number of rotatable bonds is 9. The third-order valence-electron chi connectivity index (χ3n) is 2.01. The molecule has 0 radical (unpaired) electrons. The average molecular weight is 239 g/mol. The van der Waals surface area contributed by atoms with Crippen molar-refractivity contribution < 1.29 is 60.9 Å². The third kappa shape index (κ3) is 15.1. The van der Waals surface area contributed by atoms with E-state index in [2.05, 4.69) is 13.8 Å². The number of amides is 1. The van der Waals surface area contributed by atoms with E-state index in [-0.39, 0.29) is 51.4 Å². The van der Waals surface area contributed by atoms with Crippen LogP contribution in [-0.2, 0) is 9.53 Å². The molecule has 0 aromatic rings. The molecule has 0 rings (SSSR count). The van der Waals surface area contributed by atoms with E-state index in [0.717, 1.165) is 38.5 Å². The molecule has 0 bridgehead atoms. The Morgan fingerprint density at radius 2 is 1.87 bits per heavy atom. The SMILES string of the molecule is CC(C)CCCOCCCN(C)[C-]=O.[K+]. The monoisotopic (exact) mass is 239 g/mol. The van der Waals surface area contributed by atoms with Gasteiger partial charge in [0.25, 0.3) is 0 Å². The Morgan fingerprint density at radius 3 is 2.40 bits per heavy atom. The Morgan fingerprint density at radius 1 is 1.27 bits per heavy atom. The molecule has 0 heterocycles. The molecular weight excluding hydrogens is 217 g/mol. The molecule has 0 aromatic heterocycles. The summed E-state index contributed by atoms with van der Waals surface area (Å²) in [5.74, 6) is 0.759. The predicted octanol–water partition coefficient (Wildman–Crippen LogP) is -1.17. The first-order valence-electron chi connectivity index (χ1n) is 5.33. The molecule has 4 heteroatoms. The molecule has 0 aliphatic heterocycles. The molecule has 15 heavy (non-hydrogen) atoms. The van der Waals surface area contributed by atoms with E-state index in [1.807, 2.05) is 6.41 Å². The molecule has 0 aliphatic carbocycles. The second kappa shape index (κ2) is 13.1. The van der Waals surface area contributed by atoms with E-state index in [1.54, 1.807) is 7.05 Å². The van der Waals surface area contributed by atoms with E-state index < -0.39 is 0 Å². The summed E-state index contributed by atoms with van der Waals surface area (Å²) < 4.78 is 5.42. The second-order valence-corrected chi connectivity index (χ2v) is 4.01. The standard InChI is InChI=1S/C11H22NO2.K/c1-11(2)6-4-8-14-9-5-7-12(3)10-13;/h11H,4-9H2,1-3H3;/q-1;+1. The van der Waals surface area contributed by atoms with Crippen LogP contribution >= 0.6 is 0 Å². The molecule has 0 aromatic carbocycles. The zero-order valence-corrected chi connectivity index (χ0v) is 13.7. The van der Waals surface area contributed by atoms with Crippen LogP contribution in [-0.4, -0.2) is 38.1 Å². The summed E-state index contributed by atoms with van der Waals surface area (Å²) in [4.78, 5) is 11.6. The Balaban J connectivity index is 0. The maximum Gasteiger partial charge on any atom is 1.00 e. The van der Waals surface area contributed by atoms with Crippen LogP contribution in [0.1, 0.15) is 33.1 Å². The van der Waals surface area contributed by atoms with Crippen molar-refractivity contribution >= 4 is 6.41 Å². The zero-order valence-electron chi connectivity index (χ0n) is 10.6. The van der Waals surface area contributed by atoms with Gasteiger partial charge in [0.1, 0.15) is 0 Å². The molecule has 0 aliphatic rings. The van der Waals surface area contributed by atoms with Crippen LogP contribution in [0.4, 0.5) is 0 Å². The molecule has 1 amide bonds. The first kappa shape index (κ1) is 18.4. The number of hydrogen-bond acceptors (Lipinski definition) is 2. The third-order valence-corrected chi connectivity index (χ3v) is 2.01. The van der Waals surface area contributed by atoms with Gasteiger partial charge in [-0.05, 0) is 38.8 Å². The van der Waals surface area contributed by atoms with Gasteiger partial charge >= 0.3 is 51.4 Å². The van der Waals surface area contributed by atoms with Gasteiger partial charge < -0.3 is 14.4 Å². The van der Waals surface area contributed by atoms with E-state index in [1.165, 1.54) is 11.3 Å². The molecule has 0 saturated carbocycles. The van der Waals surface area contributed by atoms with Crippen LogP contribution in [0, 0.1) is 5.92 Å². The maximum atomic E-state index is 10.1. The molecule has 84 valence electrons. The minimum Gasteiger partial charge on any atom is -0.520 e. The van der Waals surface area contributed by atoms with E-state index in [0.29, 0.717) is 0 Å². The zero-order chi connectivity index (χ0) is 10.8. The summed E-state index contributed by atoms with van der Waals surface area (Å²) in [6.07, 6.45) is 5.06. The summed E-state index contributed by atoms with van der Waals surface area (Å²) in [6.45, 7) is 6.74. The van der Waals surface area contributed by atoms with Gasteiger partial charge in [0, 0.05) is 13.2 Å². The van der Waals surface area contributed by atoms with Crippen molar-refractivity contribution in [3.05, 3.63) is 0 Å². The molecule has 0 spiro atoms. The van der Waals surface area contributed by atoms with E-state index in [9.17, 15) is 4.79 Å². The Bertz CT molecular complexity index is 143. The van der Waals surface area contributed by atoms with Gasteiger partial charge in [0.2, 0.25) is 0 Å². The Kier molecular flexibility index (Phi) is 16.1. The van der Waals surface area contributed by atoms with Crippen LogP contribution in [0.15, 0.2) is 0 Å². The summed E-state index contributed by atoms with van der Waals surface area (Å²) in [6, 6.07) is 0. The Labute approximate surface area is 136 Å². The van der Waals surface area contributed by atoms with E-state index in [4.69, 9.17) is 4.74 Å². The molecular formula is C11H22KNO2. The van der Waals surface area contributed by atoms with Gasteiger partial charge in [-0.2, -0.15) is 6.41 Å². The fourth-order valence-corrected chi connectivity index (χ4v) is 1.15. The van der Waals surface area contributed by atoms with Crippen molar-refractivity contribution in [3.8, 4) is 0 Å². The minimum absolute atomic E-state index is 0. The smallest absolute Gasteiger partial charge is 0.520 e. The quantitative estimate of drug-likeness (QED) is 0.220. The van der Waals surface area contributed by atoms with Gasteiger partial charge in [0.15, 0.2) is 0 Å². The maximum absolute atomic E-state index is 10.1. The summed E-state index contributed by atoms with van der Waals surface area (Å²) in [5, 5.41) is 0. The van der Waals surface area contributed by atoms with Crippen molar-refractivity contribution in [2.45, 2.75) is 33.1 Å². The number of hydrogen-bond donors (Lipinski definition) is 0. The predicted molar refractivity (Wildman–Crippen MR) is 57.8 cm³/mol. The Hall–Kier alpha value is 1.07. The second-order valence-electron chi connectivity index (χ2n) is 4.01. The normalized spacial score (nSPS) is 9.87. The summed E-state index contributed by atoms with van der Waals surface area (Å²) in [5.41, 5.74) is 0. The van der Waals surface area contributed by atoms with Crippen molar-refractivity contribution in [2.24, 2.45) is 5.92 Å². The van der Waals surface area contributed by atoms with Crippen molar-refractivity contribution in [1.29, 1.82) is 0 Å². The summed E-state index contributed by atoms with van der Waals surface area (Å²) in [7, 11) is 1.73. The van der Waals surface area contributed by atoms with Gasteiger partial charge in [-0.1, -0.05) is 13.8 Å².